The first-order valence-electron chi connectivity index (χ1n) is 7.49. The van der Waals surface area contributed by atoms with Crippen molar-refractivity contribution in [2.75, 3.05) is 5.32 Å². The molecule has 4 nitrogen and oxygen atoms in total. The second-order valence-electron chi connectivity index (χ2n) is 5.42. The van der Waals surface area contributed by atoms with Crippen molar-refractivity contribution in [2.45, 2.75) is 46.6 Å². The highest BCUT2D eigenvalue weighted by Crippen LogP contribution is 2.08. The standard InChI is InChI=1S/C17H23N3O/c1-4-5-6-15-13(3)19-17(20-16(15)21)18-11-14-9-7-12(2)8-10-14/h7-10H,4-6,11H2,1-3H3,(H2,18,19,20,21). The summed E-state index contributed by atoms with van der Waals surface area (Å²) in [4.78, 5) is 19.4. The zero-order valence-electron chi connectivity index (χ0n) is 13.0. The lowest BCUT2D eigenvalue weighted by Crippen LogP contribution is -2.19. The summed E-state index contributed by atoms with van der Waals surface area (Å²) in [5.41, 5.74) is 4.00. The van der Waals surface area contributed by atoms with Gasteiger partial charge in [0.25, 0.3) is 5.56 Å². The molecule has 1 heterocycles. The fourth-order valence-electron chi connectivity index (χ4n) is 2.23. The van der Waals surface area contributed by atoms with Crippen molar-refractivity contribution >= 4 is 5.95 Å². The van der Waals surface area contributed by atoms with E-state index in [2.05, 4.69) is 53.4 Å². The maximum absolute atomic E-state index is 12.1. The Labute approximate surface area is 125 Å². The molecule has 0 fully saturated rings. The van der Waals surface area contributed by atoms with Gasteiger partial charge in [0.05, 0.1) is 0 Å². The molecule has 0 unspecified atom stereocenters. The average Bonchev–Trinajstić information content (AvgIpc) is 2.46. The van der Waals surface area contributed by atoms with Gasteiger partial charge in [-0.25, -0.2) is 4.98 Å². The van der Waals surface area contributed by atoms with E-state index in [1.807, 2.05) is 6.92 Å². The third-order valence-electron chi connectivity index (χ3n) is 3.58. The van der Waals surface area contributed by atoms with Crippen LogP contribution in [0.25, 0.3) is 0 Å². The third-order valence-corrected chi connectivity index (χ3v) is 3.58. The molecule has 0 amide bonds. The lowest BCUT2D eigenvalue weighted by molar-refractivity contribution is 0.773. The monoisotopic (exact) mass is 285 g/mol. The number of hydrogen-bond acceptors (Lipinski definition) is 3. The first kappa shape index (κ1) is 15.3. The molecule has 0 bridgehead atoms. The number of anilines is 1. The van der Waals surface area contributed by atoms with E-state index < -0.39 is 0 Å². The Hall–Kier alpha value is -2.10. The molecule has 112 valence electrons. The Morgan fingerprint density at radius 1 is 1.19 bits per heavy atom. The van der Waals surface area contributed by atoms with Crippen LogP contribution in [-0.4, -0.2) is 9.97 Å². The van der Waals surface area contributed by atoms with Crippen LogP contribution in [0.1, 0.15) is 42.1 Å². The second-order valence-corrected chi connectivity index (χ2v) is 5.42. The molecule has 0 aliphatic carbocycles. The van der Waals surface area contributed by atoms with Crippen molar-refractivity contribution in [3.05, 3.63) is 57.0 Å². The molecule has 0 spiro atoms. The summed E-state index contributed by atoms with van der Waals surface area (Å²) in [5.74, 6) is 0.540. The average molecular weight is 285 g/mol. The Bertz CT molecular complexity index is 644. The number of nitrogens with zero attached hydrogens (tertiary/aromatic N) is 1. The smallest absolute Gasteiger partial charge is 0.255 e. The number of aromatic nitrogens is 2. The van der Waals surface area contributed by atoms with Gasteiger partial charge in [-0.1, -0.05) is 43.2 Å². The Morgan fingerprint density at radius 3 is 2.52 bits per heavy atom. The van der Waals surface area contributed by atoms with Gasteiger partial charge in [-0.3, -0.25) is 9.78 Å². The molecule has 0 aliphatic heterocycles. The summed E-state index contributed by atoms with van der Waals surface area (Å²) in [6, 6.07) is 8.30. The van der Waals surface area contributed by atoms with Gasteiger partial charge in [0, 0.05) is 17.8 Å². The van der Waals surface area contributed by atoms with Crippen LogP contribution in [0.15, 0.2) is 29.1 Å². The van der Waals surface area contributed by atoms with Crippen molar-refractivity contribution in [1.29, 1.82) is 0 Å². The van der Waals surface area contributed by atoms with Crippen LogP contribution in [0.3, 0.4) is 0 Å². The van der Waals surface area contributed by atoms with E-state index in [9.17, 15) is 4.79 Å². The van der Waals surface area contributed by atoms with E-state index >= 15 is 0 Å². The van der Waals surface area contributed by atoms with Crippen molar-refractivity contribution in [1.82, 2.24) is 9.97 Å². The van der Waals surface area contributed by atoms with E-state index in [1.165, 1.54) is 5.56 Å². The first-order valence-corrected chi connectivity index (χ1v) is 7.49. The van der Waals surface area contributed by atoms with Crippen LogP contribution in [0.4, 0.5) is 5.95 Å². The van der Waals surface area contributed by atoms with Gasteiger partial charge >= 0.3 is 0 Å². The molecule has 0 saturated carbocycles. The number of aromatic amines is 1. The van der Waals surface area contributed by atoms with Crippen LogP contribution < -0.4 is 10.9 Å². The Morgan fingerprint density at radius 2 is 1.90 bits per heavy atom. The highest BCUT2D eigenvalue weighted by atomic mass is 16.1. The predicted molar refractivity (Wildman–Crippen MR) is 86.7 cm³/mol. The molecule has 2 aromatic rings. The minimum atomic E-state index is -0.0256. The van der Waals surface area contributed by atoms with Gasteiger partial charge in [0.2, 0.25) is 5.95 Å². The lowest BCUT2D eigenvalue weighted by atomic mass is 10.1. The molecule has 21 heavy (non-hydrogen) atoms. The van der Waals surface area contributed by atoms with Gasteiger partial charge in [-0.05, 0) is 32.3 Å². The van der Waals surface area contributed by atoms with E-state index in [1.54, 1.807) is 0 Å². The molecule has 1 aromatic carbocycles. The van der Waals surface area contributed by atoms with Gasteiger partial charge in [0.1, 0.15) is 0 Å². The second kappa shape index (κ2) is 7.07. The molecule has 2 rings (SSSR count). The summed E-state index contributed by atoms with van der Waals surface area (Å²) in [5, 5.41) is 3.18. The normalized spacial score (nSPS) is 10.6. The molecule has 0 atom stereocenters. The van der Waals surface area contributed by atoms with E-state index in [0.717, 1.165) is 36.1 Å². The molecular formula is C17H23N3O. The maximum Gasteiger partial charge on any atom is 0.255 e. The van der Waals surface area contributed by atoms with Gasteiger partial charge in [-0.15, -0.1) is 0 Å². The number of benzene rings is 1. The molecule has 1 aromatic heterocycles. The van der Waals surface area contributed by atoms with Gasteiger partial charge < -0.3 is 5.32 Å². The van der Waals surface area contributed by atoms with Crippen LogP contribution in [0, 0.1) is 13.8 Å². The highest BCUT2D eigenvalue weighted by Gasteiger charge is 2.07. The van der Waals surface area contributed by atoms with Crippen LogP contribution in [0.2, 0.25) is 0 Å². The number of hydrogen-bond donors (Lipinski definition) is 2. The predicted octanol–water partition coefficient (Wildman–Crippen LogP) is 3.34. The molecule has 2 N–H and O–H groups in total. The zero-order chi connectivity index (χ0) is 15.2. The minimum Gasteiger partial charge on any atom is -0.352 e. The fourth-order valence-corrected chi connectivity index (χ4v) is 2.23. The number of aryl methyl sites for hydroxylation is 2. The molecule has 0 aliphatic rings. The zero-order valence-corrected chi connectivity index (χ0v) is 13.0. The number of rotatable bonds is 6. The summed E-state index contributed by atoms with van der Waals surface area (Å²) < 4.78 is 0. The molecule has 0 radical (unpaired) electrons. The maximum atomic E-state index is 12.1. The highest BCUT2D eigenvalue weighted by molar-refractivity contribution is 5.31. The van der Waals surface area contributed by atoms with Crippen LogP contribution in [0.5, 0.6) is 0 Å². The van der Waals surface area contributed by atoms with Crippen molar-refractivity contribution in [3.63, 3.8) is 0 Å². The number of nitrogens with one attached hydrogen (secondary N) is 2. The summed E-state index contributed by atoms with van der Waals surface area (Å²) in [7, 11) is 0. The molecule has 4 heteroatoms. The quantitative estimate of drug-likeness (QED) is 0.855. The van der Waals surface area contributed by atoms with Crippen LogP contribution >= 0.6 is 0 Å². The SMILES string of the molecule is CCCCc1c(C)nc(NCc2ccc(C)cc2)[nH]c1=O. The van der Waals surface area contributed by atoms with E-state index in [0.29, 0.717) is 12.5 Å². The first-order chi connectivity index (χ1) is 10.1. The van der Waals surface area contributed by atoms with Gasteiger partial charge in [0.15, 0.2) is 0 Å². The van der Waals surface area contributed by atoms with E-state index in [4.69, 9.17) is 0 Å². The van der Waals surface area contributed by atoms with E-state index in [-0.39, 0.29) is 5.56 Å². The van der Waals surface area contributed by atoms with Crippen molar-refractivity contribution < 1.29 is 0 Å². The third kappa shape index (κ3) is 4.18. The van der Waals surface area contributed by atoms with Gasteiger partial charge in [-0.2, -0.15) is 0 Å². The molecular weight excluding hydrogens is 262 g/mol. The Kier molecular flexibility index (Phi) is 5.14. The number of unbranched alkanes of at least 4 members (excludes halogenated alkanes) is 1. The number of H-pyrrole nitrogens is 1. The summed E-state index contributed by atoms with van der Waals surface area (Å²) in [6.07, 6.45) is 2.89. The fraction of sp³-hybridized carbons (Fsp3) is 0.412. The van der Waals surface area contributed by atoms with Crippen molar-refractivity contribution in [3.8, 4) is 0 Å². The van der Waals surface area contributed by atoms with Crippen molar-refractivity contribution in [2.24, 2.45) is 0 Å². The Balaban J connectivity index is 2.07. The largest absolute Gasteiger partial charge is 0.352 e. The molecule has 0 saturated heterocycles. The summed E-state index contributed by atoms with van der Waals surface area (Å²) >= 11 is 0. The topological polar surface area (TPSA) is 57.8 Å². The summed E-state index contributed by atoms with van der Waals surface area (Å²) in [6.45, 7) is 6.73. The minimum absolute atomic E-state index is 0.0256. The van der Waals surface area contributed by atoms with Crippen LogP contribution in [-0.2, 0) is 13.0 Å². The lowest BCUT2D eigenvalue weighted by Gasteiger charge is -2.09.